The summed E-state index contributed by atoms with van der Waals surface area (Å²) < 4.78 is 31.5. The molecule has 7 nitrogen and oxygen atoms in total. The van der Waals surface area contributed by atoms with Gasteiger partial charge >= 0.3 is 0 Å². The van der Waals surface area contributed by atoms with Crippen LogP contribution in [0.2, 0.25) is 0 Å². The van der Waals surface area contributed by atoms with Gasteiger partial charge in [-0.2, -0.15) is 4.31 Å². The second-order valence-electron chi connectivity index (χ2n) is 9.71. The van der Waals surface area contributed by atoms with Gasteiger partial charge in [0.05, 0.1) is 6.26 Å². The van der Waals surface area contributed by atoms with Crippen molar-refractivity contribution in [3.8, 4) is 5.75 Å². The summed E-state index contributed by atoms with van der Waals surface area (Å²) in [6.07, 6.45) is 14.3. The summed E-state index contributed by atoms with van der Waals surface area (Å²) >= 11 is 0. The van der Waals surface area contributed by atoms with E-state index in [1.165, 1.54) is 32.8 Å². The number of aromatic nitrogens is 2. The van der Waals surface area contributed by atoms with Gasteiger partial charge in [-0.1, -0.05) is 38.8 Å². The largest absolute Gasteiger partial charge is 0.490 e. The van der Waals surface area contributed by atoms with Crippen LogP contribution in [0.4, 0.5) is 5.95 Å². The summed E-state index contributed by atoms with van der Waals surface area (Å²) in [5, 5.41) is 3.38. The first-order valence-electron chi connectivity index (χ1n) is 12.9. The molecule has 2 atom stereocenters. The van der Waals surface area contributed by atoms with E-state index in [9.17, 15) is 8.42 Å². The maximum atomic E-state index is 11.8. The SMILES string of the molecule is CCCc1cnc(NCCC(CCC)C2Cc3cc(C4=CCN(S(C)(=O)=O)CC4)ccc3O2)nc1. The highest BCUT2D eigenvalue weighted by Gasteiger charge is 2.30. The Morgan fingerprint density at radius 1 is 1.17 bits per heavy atom. The van der Waals surface area contributed by atoms with Gasteiger partial charge in [-0.3, -0.25) is 0 Å². The average Bonchev–Trinajstić information content (AvgIpc) is 3.28. The molecule has 1 aromatic heterocycles. The van der Waals surface area contributed by atoms with Crippen LogP contribution >= 0.6 is 0 Å². The third-order valence-electron chi connectivity index (χ3n) is 7.00. The lowest BCUT2D eigenvalue weighted by molar-refractivity contribution is 0.146. The Bertz CT molecular complexity index is 1130. The third kappa shape index (κ3) is 6.61. The number of nitrogens with one attached hydrogen (secondary N) is 1. The molecule has 2 unspecified atom stereocenters. The molecule has 2 aliphatic rings. The summed E-state index contributed by atoms with van der Waals surface area (Å²) in [6.45, 7) is 6.19. The van der Waals surface area contributed by atoms with Crippen molar-refractivity contribution < 1.29 is 13.2 Å². The number of fused-ring (bicyclic) bond motifs is 1. The van der Waals surface area contributed by atoms with Gasteiger partial charge in [-0.25, -0.2) is 18.4 Å². The lowest BCUT2D eigenvalue weighted by Gasteiger charge is -2.24. The minimum Gasteiger partial charge on any atom is -0.490 e. The second kappa shape index (κ2) is 11.5. The zero-order valence-electron chi connectivity index (χ0n) is 21.2. The van der Waals surface area contributed by atoms with Gasteiger partial charge in [0.2, 0.25) is 16.0 Å². The first-order chi connectivity index (χ1) is 16.9. The summed E-state index contributed by atoms with van der Waals surface area (Å²) in [5.74, 6) is 2.13. The summed E-state index contributed by atoms with van der Waals surface area (Å²) in [6, 6.07) is 6.44. The molecule has 190 valence electrons. The fourth-order valence-corrected chi connectivity index (χ4v) is 5.84. The number of nitrogens with zero attached hydrogens (tertiary/aromatic N) is 3. The number of sulfonamides is 1. The number of rotatable bonds is 11. The smallest absolute Gasteiger partial charge is 0.222 e. The lowest BCUT2D eigenvalue weighted by atomic mass is 9.90. The maximum Gasteiger partial charge on any atom is 0.222 e. The van der Waals surface area contributed by atoms with Crippen LogP contribution in [0, 0.1) is 5.92 Å². The van der Waals surface area contributed by atoms with E-state index in [0.717, 1.165) is 57.2 Å². The molecule has 1 aromatic carbocycles. The molecular weight excluding hydrogens is 460 g/mol. The Balaban J connectivity index is 1.35. The van der Waals surface area contributed by atoms with Crippen molar-refractivity contribution in [1.29, 1.82) is 0 Å². The maximum absolute atomic E-state index is 11.8. The van der Waals surface area contributed by atoms with Gasteiger partial charge < -0.3 is 10.1 Å². The zero-order valence-corrected chi connectivity index (χ0v) is 22.0. The lowest BCUT2D eigenvalue weighted by Crippen LogP contribution is -2.33. The number of hydrogen-bond donors (Lipinski definition) is 1. The van der Waals surface area contributed by atoms with Crippen LogP contribution in [0.25, 0.3) is 5.57 Å². The predicted octanol–water partition coefficient (Wildman–Crippen LogP) is 4.70. The molecule has 0 bridgehead atoms. The summed E-state index contributed by atoms with van der Waals surface area (Å²) in [5.41, 5.74) is 4.83. The topological polar surface area (TPSA) is 84.4 Å². The van der Waals surface area contributed by atoms with Gasteiger partial charge in [-0.15, -0.1) is 0 Å². The number of anilines is 1. The van der Waals surface area contributed by atoms with E-state index in [-0.39, 0.29) is 6.10 Å². The Morgan fingerprint density at radius 2 is 1.97 bits per heavy atom. The highest BCUT2D eigenvalue weighted by Crippen LogP contribution is 2.37. The third-order valence-corrected chi connectivity index (χ3v) is 8.27. The van der Waals surface area contributed by atoms with Crippen molar-refractivity contribution in [2.24, 2.45) is 5.92 Å². The Kier molecular flexibility index (Phi) is 8.44. The molecule has 8 heteroatoms. The van der Waals surface area contributed by atoms with Crippen LogP contribution in [0.15, 0.2) is 36.7 Å². The van der Waals surface area contributed by atoms with Gasteiger partial charge in [0.15, 0.2) is 0 Å². The Hall–Kier alpha value is -2.45. The van der Waals surface area contributed by atoms with Crippen LogP contribution in [0.3, 0.4) is 0 Å². The van der Waals surface area contributed by atoms with Gasteiger partial charge in [-0.05, 0) is 66.0 Å². The number of hydrogen-bond acceptors (Lipinski definition) is 6. The predicted molar refractivity (Wildman–Crippen MR) is 141 cm³/mol. The zero-order chi connectivity index (χ0) is 24.8. The van der Waals surface area contributed by atoms with E-state index >= 15 is 0 Å². The van der Waals surface area contributed by atoms with Crippen LogP contribution < -0.4 is 10.1 Å². The molecule has 0 spiro atoms. The van der Waals surface area contributed by atoms with Crippen LogP contribution in [0.1, 0.15) is 62.6 Å². The van der Waals surface area contributed by atoms with Crippen molar-refractivity contribution in [1.82, 2.24) is 14.3 Å². The normalized spacial score (nSPS) is 19.1. The fourth-order valence-electron chi connectivity index (χ4n) is 5.07. The number of ether oxygens (including phenoxy) is 1. The van der Waals surface area contributed by atoms with Crippen molar-refractivity contribution in [3.63, 3.8) is 0 Å². The van der Waals surface area contributed by atoms with Gasteiger partial charge in [0.1, 0.15) is 11.9 Å². The van der Waals surface area contributed by atoms with Crippen molar-refractivity contribution in [2.75, 3.05) is 31.2 Å². The van der Waals surface area contributed by atoms with E-state index < -0.39 is 10.0 Å². The molecule has 0 radical (unpaired) electrons. The molecule has 3 heterocycles. The number of benzene rings is 1. The Labute approximate surface area is 210 Å². The standard InChI is InChI=1S/C27H38N4O3S/c1-4-6-20-18-29-27(30-19-20)28-13-10-22(7-5-2)26-17-24-16-23(8-9-25(24)34-26)21-11-14-31(15-12-21)35(3,32)33/h8-9,11,16,18-19,22,26H,4-7,10,12-15,17H2,1-3H3,(H,28,29,30). The molecule has 4 rings (SSSR count). The second-order valence-corrected chi connectivity index (χ2v) is 11.7. The van der Waals surface area contributed by atoms with Crippen LogP contribution in [-0.4, -0.2) is 54.7 Å². The summed E-state index contributed by atoms with van der Waals surface area (Å²) in [4.78, 5) is 8.89. The summed E-state index contributed by atoms with van der Waals surface area (Å²) in [7, 11) is -3.14. The van der Waals surface area contributed by atoms with E-state index in [2.05, 4.69) is 47.3 Å². The highest BCUT2D eigenvalue weighted by atomic mass is 32.2. The quantitative estimate of drug-likeness (QED) is 0.483. The van der Waals surface area contributed by atoms with Crippen LogP contribution in [-0.2, 0) is 22.9 Å². The van der Waals surface area contributed by atoms with E-state index in [1.54, 1.807) is 0 Å². The van der Waals surface area contributed by atoms with E-state index in [0.29, 0.717) is 25.0 Å². The molecule has 0 amide bonds. The number of aryl methyl sites for hydroxylation is 1. The minimum atomic E-state index is -3.14. The molecule has 0 saturated carbocycles. The highest BCUT2D eigenvalue weighted by molar-refractivity contribution is 7.88. The Morgan fingerprint density at radius 3 is 2.63 bits per heavy atom. The molecule has 35 heavy (non-hydrogen) atoms. The minimum absolute atomic E-state index is 0.177. The van der Waals surface area contributed by atoms with E-state index in [4.69, 9.17) is 4.74 Å². The molecule has 1 N–H and O–H groups in total. The molecule has 2 aromatic rings. The van der Waals surface area contributed by atoms with Crippen molar-refractivity contribution >= 4 is 21.5 Å². The van der Waals surface area contributed by atoms with Gasteiger partial charge in [0.25, 0.3) is 0 Å². The fraction of sp³-hybridized carbons (Fsp3) is 0.556. The average molecular weight is 499 g/mol. The first kappa shape index (κ1) is 25.6. The van der Waals surface area contributed by atoms with Gasteiger partial charge in [0, 0.05) is 38.4 Å². The molecule has 2 aliphatic heterocycles. The molecule has 0 fully saturated rings. The first-order valence-corrected chi connectivity index (χ1v) is 14.7. The van der Waals surface area contributed by atoms with Crippen molar-refractivity contribution in [3.05, 3.63) is 53.4 Å². The molecule has 0 saturated heterocycles. The molecule has 0 aliphatic carbocycles. The molecular formula is C27H38N4O3S. The monoisotopic (exact) mass is 498 g/mol. The van der Waals surface area contributed by atoms with E-state index in [1.807, 2.05) is 18.5 Å². The van der Waals surface area contributed by atoms with Crippen molar-refractivity contribution in [2.45, 2.75) is 64.9 Å². The van der Waals surface area contributed by atoms with Crippen LogP contribution in [0.5, 0.6) is 5.75 Å².